The van der Waals surface area contributed by atoms with Gasteiger partial charge in [-0.3, -0.25) is 14.4 Å². The van der Waals surface area contributed by atoms with Crippen LogP contribution in [0.25, 0.3) is 11.1 Å². The second-order valence-electron chi connectivity index (χ2n) is 12.1. The van der Waals surface area contributed by atoms with Crippen LogP contribution < -0.4 is 4.90 Å². The zero-order valence-corrected chi connectivity index (χ0v) is 26.2. The highest BCUT2D eigenvalue weighted by Gasteiger charge is 2.82. The number of carbonyl (C=O) groups is 3. The van der Waals surface area contributed by atoms with Crippen molar-refractivity contribution in [3.63, 3.8) is 0 Å². The summed E-state index contributed by atoms with van der Waals surface area (Å²) in [5.41, 5.74) is 1.77. The van der Waals surface area contributed by atoms with Gasteiger partial charge >= 0.3 is 0 Å². The summed E-state index contributed by atoms with van der Waals surface area (Å²) in [7, 11) is 0. The molecule has 0 N–H and O–H groups in total. The van der Waals surface area contributed by atoms with Crippen molar-refractivity contribution in [1.82, 2.24) is 0 Å². The summed E-state index contributed by atoms with van der Waals surface area (Å²) in [6, 6.07) is 41.8. The zero-order valence-electron chi connectivity index (χ0n) is 24.7. The van der Waals surface area contributed by atoms with Gasteiger partial charge in [-0.1, -0.05) is 108 Å². The van der Waals surface area contributed by atoms with E-state index in [0.29, 0.717) is 43.6 Å². The molecular weight excluding hydrogens is 627 g/mol. The van der Waals surface area contributed by atoms with Crippen LogP contribution in [0.4, 0.5) is 5.69 Å². The van der Waals surface area contributed by atoms with Gasteiger partial charge in [-0.2, -0.15) is 5.26 Å². The molecule has 1 heterocycles. The van der Waals surface area contributed by atoms with Crippen LogP contribution in [0.3, 0.4) is 0 Å². The number of amides is 2. The number of rotatable bonds is 5. The molecule has 4 atom stereocenters. The Bertz CT molecular complexity index is 2050. The molecule has 1 saturated heterocycles. The van der Waals surface area contributed by atoms with E-state index in [2.05, 4.69) is 6.07 Å². The number of nitrogens with zero attached hydrogens (tertiary/aromatic N) is 2. The summed E-state index contributed by atoms with van der Waals surface area (Å²) in [6.45, 7) is 0. The van der Waals surface area contributed by atoms with Crippen molar-refractivity contribution >= 4 is 57.6 Å². The number of anilines is 1. The minimum Gasteiger partial charge on any atom is -0.297 e. The monoisotopic (exact) mass is 650 g/mol. The maximum Gasteiger partial charge on any atom is 0.239 e. The van der Waals surface area contributed by atoms with E-state index in [9.17, 15) is 14.9 Å². The van der Waals surface area contributed by atoms with Crippen LogP contribution >= 0.6 is 23.2 Å². The molecular formula is C40H24Cl2N2O3. The predicted octanol–water partition coefficient (Wildman–Crippen LogP) is 8.05. The molecule has 1 aliphatic heterocycles. The van der Waals surface area contributed by atoms with E-state index in [1.54, 1.807) is 72.8 Å². The lowest BCUT2D eigenvalue weighted by molar-refractivity contribution is -0.130. The lowest BCUT2D eigenvalue weighted by Gasteiger charge is -2.39. The fraction of sp³-hybridized carbons (Fsp3) is 0.100. The number of hydrogen-bond acceptors (Lipinski definition) is 4. The number of Topliss-reactive ketones (excluding diaryl/α,β-unsaturated/α-hetero) is 1. The number of benzene rings is 5. The summed E-state index contributed by atoms with van der Waals surface area (Å²) >= 11 is 12.8. The lowest BCUT2D eigenvalue weighted by Crippen LogP contribution is -2.45. The first-order chi connectivity index (χ1) is 22.8. The van der Waals surface area contributed by atoms with E-state index >= 15 is 4.79 Å². The van der Waals surface area contributed by atoms with Crippen LogP contribution in [-0.4, -0.2) is 17.6 Å². The van der Waals surface area contributed by atoms with Crippen LogP contribution in [0, 0.1) is 23.2 Å². The van der Waals surface area contributed by atoms with Crippen molar-refractivity contribution < 1.29 is 14.4 Å². The second-order valence-corrected chi connectivity index (χ2v) is 12.9. The lowest BCUT2D eigenvalue weighted by atomic mass is 9.59. The molecule has 5 aromatic rings. The van der Waals surface area contributed by atoms with Gasteiger partial charge in [0.1, 0.15) is 0 Å². The second kappa shape index (κ2) is 10.6. The summed E-state index contributed by atoms with van der Waals surface area (Å²) in [6.07, 6.45) is 0. The molecule has 0 unspecified atom stereocenters. The van der Waals surface area contributed by atoms with Crippen molar-refractivity contribution in [1.29, 1.82) is 5.26 Å². The SMILES string of the molecule is N#Cc1ccc(N2C(=O)[C@@H]3[C@@H](C2=O)[C@@]2(c4ccc(Cl)cc4)C(=O)[C@@]3(c3ccc(Cl)cc3)C(c3ccccc3)=C2c2ccccc2)cc1. The number of imide groups is 1. The molecule has 0 spiro atoms. The highest BCUT2D eigenvalue weighted by molar-refractivity contribution is 6.39. The number of fused-ring (bicyclic) bond motifs is 5. The summed E-state index contributed by atoms with van der Waals surface area (Å²) in [5.74, 6) is -3.31. The largest absolute Gasteiger partial charge is 0.297 e. The number of carbonyl (C=O) groups excluding carboxylic acids is 3. The molecule has 7 heteroatoms. The average molecular weight is 652 g/mol. The Hall–Kier alpha value is -5.28. The smallest absolute Gasteiger partial charge is 0.239 e. The zero-order chi connectivity index (χ0) is 32.5. The Morgan fingerprint density at radius 2 is 0.957 bits per heavy atom. The molecule has 5 aromatic carbocycles. The van der Waals surface area contributed by atoms with Crippen LogP contribution in [0.5, 0.6) is 0 Å². The Morgan fingerprint density at radius 1 is 0.553 bits per heavy atom. The van der Waals surface area contributed by atoms with Crippen molar-refractivity contribution in [3.05, 3.63) is 171 Å². The van der Waals surface area contributed by atoms with Crippen molar-refractivity contribution in [2.75, 3.05) is 4.90 Å². The van der Waals surface area contributed by atoms with Gasteiger partial charge < -0.3 is 0 Å². The number of ketones is 1. The van der Waals surface area contributed by atoms with E-state index in [0.717, 1.165) is 11.1 Å². The molecule has 5 nitrogen and oxygen atoms in total. The minimum absolute atomic E-state index is 0.233. The van der Waals surface area contributed by atoms with E-state index in [-0.39, 0.29) is 5.78 Å². The summed E-state index contributed by atoms with van der Waals surface area (Å²) in [5, 5.41) is 10.4. The van der Waals surface area contributed by atoms with Crippen molar-refractivity contribution in [2.24, 2.45) is 11.8 Å². The average Bonchev–Trinajstić information content (AvgIpc) is 3.61. The van der Waals surface area contributed by atoms with E-state index in [1.807, 2.05) is 60.7 Å². The quantitative estimate of drug-likeness (QED) is 0.180. The molecule has 3 aliphatic rings. The van der Waals surface area contributed by atoms with Gasteiger partial charge in [0.15, 0.2) is 5.78 Å². The topological polar surface area (TPSA) is 78.2 Å². The number of nitriles is 1. The molecule has 2 fully saturated rings. The van der Waals surface area contributed by atoms with Crippen molar-refractivity contribution in [3.8, 4) is 6.07 Å². The molecule has 2 bridgehead atoms. The summed E-state index contributed by atoms with van der Waals surface area (Å²) in [4.78, 5) is 47.1. The highest BCUT2D eigenvalue weighted by atomic mass is 35.5. The first-order valence-corrected chi connectivity index (χ1v) is 15.9. The fourth-order valence-corrected chi connectivity index (χ4v) is 8.55. The molecule has 0 aromatic heterocycles. The molecule has 2 amide bonds. The fourth-order valence-electron chi connectivity index (χ4n) is 8.30. The van der Waals surface area contributed by atoms with Gasteiger partial charge in [-0.05, 0) is 81.9 Å². The molecule has 0 radical (unpaired) electrons. The normalized spacial score (nSPS) is 24.5. The molecule has 226 valence electrons. The standard InChI is InChI=1S/C40H24Cl2N2O3/c41-29-17-13-27(14-18-29)39-32(25-7-3-1-4-8-25)33(26-9-5-2-6-10-26)40(38(39)47,28-15-19-30(42)20-16-28)35-34(39)36(45)44(37(35)46)31-21-11-24(23-43)12-22-31/h1-22,34-35H/t34-,35-,39-,40-/m0/s1. The van der Waals surface area contributed by atoms with Gasteiger partial charge in [0.25, 0.3) is 0 Å². The van der Waals surface area contributed by atoms with Gasteiger partial charge in [-0.25, -0.2) is 4.90 Å². The first-order valence-electron chi connectivity index (χ1n) is 15.2. The van der Waals surface area contributed by atoms with Crippen LogP contribution in [0.2, 0.25) is 10.0 Å². The first kappa shape index (κ1) is 29.1. The highest BCUT2D eigenvalue weighted by Crippen LogP contribution is 2.74. The number of allylic oxidation sites excluding steroid dienone is 2. The van der Waals surface area contributed by atoms with Crippen molar-refractivity contribution in [2.45, 2.75) is 10.8 Å². The van der Waals surface area contributed by atoms with E-state index in [4.69, 9.17) is 23.2 Å². The minimum atomic E-state index is -1.55. The van der Waals surface area contributed by atoms with Crippen LogP contribution in [0.15, 0.2) is 133 Å². The third-order valence-electron chi connectivity index (χ3n) is 9.97. The van der Waals surface area contributed by atoms with Crippen LogP contribution in [0.1, 0.15) is 27.8 Å². The van der Waals surface area contributed by atoms with Crippen LogP contribution in [-0.2, 0) is 25.2 Å². The number of hydrogen-bond donors (Lipinski definition) is 0. The number of halogens is 2. The Balaban J connectivity index is 1.54. The Labute approximate surface area is 281 Å². The van der Waals surface area contributed by atoms with E-state index < -0.39 is 34.5 Å². The maximum absolute atomic E-state index is 15.9. The van der Waals surface area contributed by atoms with Gasteiger partial charge in [-0.15, -0.1) is 0 Å². The third kappa shape index (κ3) is 3.80. The Morgan fingerprint density at radius 3 is 1.34 bits per heavy atom. The molecule has 1 saturated carbocycles. The molecule has 2 aliphatic carbocycles. The summed E-state index contributed by atoms with van der Waals surface area (Å²) < 4.78 is 0. The van der Waals surface area contributed by atoms with E-state index in [1.165, 1.54) is 4.90 Å². The third-order valence-corrected chi connectivity index (χ3v) is 10.5. The van der Waals surface area contributed by atoms with Gasteiger partial charge in [0.05, 0.1) is 40.0 Å². The Kier molecular flexibility index (Phi) is 6.59. The van der Waals surface area contributed by atoms with Gasteiger partial charge in [0.2, 0.25) is 11.8 Å². The predicted molar refractivity (Wildman–Crippen MR) is 182 cm³/mol. The maximum atomic E-state index is 15.9. The van der Waals surface area contributed by atoms with Gasteiger partial charge in [0, 0.05) is 10.0 Å². The molecule has 8 rings (SSSR count). The molecule has 47 heavy (non-hydrogen) atoms.